The van der Waals surface area contributed by atoms with Crippen LogP contribution in [0.2, 0.25) is 5.02 Å². The van der Waals surface area contributed by atoms with Crippen molar-refractivity contribution in [1.29, 1.82) is 0 Å². The molecular weight excluding hydrogens is 515 g/mol. The number of likely N-dealkylation sites (tertiary alicyclic amines) is 1. The zero-order valence-corrected chi connectivity index (χ0v) is 21.1. The summed E-state index contributed by atoms with van der Waals surface area (Å²) in [7, 11) is 0. The van der Waals surface area contributed by atoms with Gasteiger partial charge in [0, 0.05) is 36.8 Å². The van der Waals surface area contributed by atoms with Crippen molar-refractivity contribution in [3.8, 4) is 11.4 Å². The fourth-order valence-electron chi connectivity index (χ4n) is 3.62. The molecule has 0 radical (unpaired) electrons. The van der Waals surface area contributed by atoms with Gasteiger partial charge in [0.05, 0.1) is 0 Å². The van der Waals surface area contributed by atoms with Gasteiger partial charge in [-0.15, -0.1) is 24.0 Å². The summed E-state index contributed by atoms with van der Waals surface area (Å²) in [6, 6.07) is 7.39. The van der Waals surface area contributed by atoms with Gasteiger partial charge in [0.2, 0.25) is 11.7 Å². The number of rotatable bonds is 8. The molecule has 0 aliphatic carbocycles. The molecule has 1 N–H and O–H groups in total. The first-order valence-electron chi connectivity index (χ1n) is 10.5. The molecule has 0 bridgehead atoms. The Hall–Kier alpha value is -1.39. The number of nitrogens with zero attached hydrogens (tertiary/aromatic N) is 5. The molecule has 1 saturated heterocycles. The van der Waals surface area contributed by atoms with Crippen LogP contribution >= 0.6 is 35.6 Å². The number of hydrogen-bond acceptors (Lipinski definition) is 5. The van der Waals surface area contributed by atoms with Crippen molar-refractivity contribution >= 4 is 41.5 Å². The number of benzene rings is 1. The Kier molecular flexibility index (Phi) is 10.3. The number of halogens is 2. The van der Waals surface area contributed by atoms with Crippen LogP contribution in [0.3, 0.4) is 0 Å². The third-order valence-electron chi connectivity index (χ3n) is 5.27. The summed E-state index contributed by atoms with van der Waals surface area (Å²) in [5.41, 5.74) is 0.874. The van der Waals surface area contributed by atoms with Gasteiger partial charge >= 0.3 is 0 Å². The molecule has 1 aromatic carbocycles. The summed E-state index contributed by atoms with van der Waals surface area (Å²) in [6.07, 6.45) is 1.20. The quantitative estimate of drug-likeness (QED) is 0.305. The van der Waals surface area contributed by atoms with E-state index in [9.17, 15) is 0 Å². The monoisotopic (exact) mass is 546 g/mol. The molecule has 1 fully saturated rings. The summed E-state index contributed by atoms with van der Waals surface area (Å²) in [6.45, 7) is 13.1. The summed E-state index contributed by atoms with van der Waals surface area (Å²) < 4.78 is 5.39. The standard InChI is InChI=1S/C21H31ClN6O.HI/c1-4-23-21(28-12-11-16(15-28)14-27(5-2)6-3)24-13-19-25-20(26-29-19)17-7-9-18(22)10-8-17;/h7-10,16H,4-6,11-15H2,1-3H3,(H,23,24);1H. The van der Waals surface area contributed by atoms with Crippen LogP contribution in [0.15, 0.2) is 33.8 Å². The van der Waals surface area contributed by atoms with Crippen molar-refractivity contribution in [1.82, 2.24) is 25.3 Å². The van der Waals surface area contributed by atoms with Gasteiger partial charge in [-0.3, -0.25) is 0 Å². The van der Waals surface area contributed by atoms with E-state index in [1.165, 1.54) is 6.42 Å². The minimum atomic E-state index is 0. The Bertz CT molecular complexity index is 793. The predicted molar refractivity (Wildman–Crippen MR) is 132 cm³/mol. The van der Waals surface area contributed by atoms with Gasteiger partial charge in [0.15, 0.2) is 5.96 Å². The normalized spacial score (nSPS) is 16.8. The zero-order valence-electron chi connectivity index (χ0n) is 18.0. The third kappa shape index (κ3) is 6.81. The molecule has 1 atom stereocenters. The lowest BCUT2D eigenvalue weighted by Gasteiger charge is -2.24. The SMILES string of the molecule is CCNC(=NCc1nc(-c2ccc(Cl)cc2)no1)N1CCC(CN(CC)CC)C1.I. The highest BCUT2D eigenvalue weighted by Gasteiger charge is 2.26. The van der Waals surface area contributed by atoms with Crippen molar-refractivity contribution in [2.24, 2.45) is 10.9 Å². The molecular formula is C21H32ClIN6O. The average molecular weight is 547 g/mol. The first kappa shape index (κ1) is 24.9. The van der Waals surface area contributed by atoms with Crippen LogP contribution in [-0.4, -0.2) is 65.2 Å². The summed E-state index contributed by atoms with van der Waals surface area (Å²) in [5, 5.41) is 8.14. The number of guanidine groups is 1. The van der Waals surface area contributed by atoms with Gasteiger partial charge in [-0.25, -0.2) is 4.99 Å². The molecule has 0 spiro atoms. The molecule has 1 unspecified atom stereocenters. The Morgan fingerprint density at radius 3 is 2.67 bits per heavy atom. The third-order valence-corrected chi connectivity index (χ3v) is 5.52. The molecule has 2 aromatic rings. The van der Waals surface area contributed by atoms with Gasteiger partial charge in [-0.1, -0.05) is 30.6 Å². The van der Waals surface area contributed by atoms with Crippen molar-refractivity contribution < 1.29 is 4.52 Å². The Balaban J connectivity index is 0.00000320. The van der Waals surface area contributed by atoms with E-state index in [1.807, 2.05) is 24.3 Å². The van der Waals surface area contributed by atoms with Gasteiger partial charge in [0.1, 0.15) is 6.54 Å². The number of aromatic nitrogens is 2. The molecule has 1 aliphatic heterocycles. The van der Waals surface area contributed by atoms with E-state index in [0.717, 1.165) is 50.8 Å². The van der Waals surface area contributed by atoms with E-state index in [1.54, 1.807) is 0 Å². The minimum absolute atomic E-state index is 0. The fourth-order valence-corrected chi connectivity index (χ4v) is 3.75. The van der Waals surface area contributed by atoms with Crippen LogP contribution in [0.5, 0.6) is 0 Å². The highest BCUT2D eigenvalue weighted by atomic mass is 127. The Labute approximate surface area is 201 Å². The molecule has 9 heteroatoms. The number of aliphatic imine (C=N–C) groups is 1. The van der Waals surface area contributed by atoms with Crippen LogP contribution in [-0.2, 0) is 6.54 Å². The molecule has 3 rings (SSSR count). The van der Waals surface area contributed by atoms with Crippen LogP contribution in [0.1, 0.15) is 33.1 Å². The molecule has 0 amide bonds. The maximum Gasteiger partial charge on any atom is 0.248 e. The topological polar surface area (TPSA) is 69.8 Å². The average Bonchev–Trinajstić information content (AvgIpc) is 3.39. The van der Waals surface area contributed by atoms with Gasteiger partial charge < -0.3 is 19.6 Å². The molecule has 1 aliphatic rings. The van der Waals surface area contributed by atoms with E-state index >= 15 is 0 Å². The lowest BCUT2D eigenvalue weighted by molar-refractivity contribution is 0.255. The van der Waals surface area contributed by atoms with Crippen LogP contribution in [0, 0.1) is 5.92 Å². The van der Waals surface area contributed by atoms with Crippen molar-refractivity contribution in [3.05, 3.63) is 35.2 Å². The lowest BCUT2D eigenvalue weighted by Crippen LogP contribution is -2.40. The molecule has 30 heavy (non-hydrogen) atoms. The fraction of sp³-hybridized carbons (Fsp3) is 0.571. The molecule has 7 nitrogen and oxygen atoms in total. The first-order chi connectivity index (χ1) is 14.1. The maximum atomic E-state index is 5.94. The second-order valence-electron chi connectivity index (χ2n) is 7.28. The second kappa shape index (κ2) is 12.5. The molecule has 166 valence electrons. The summed E-state index contributed by atoms with van der Waals surface area (Å²) in [5.74, 6) is 2.65. The highest BCUT2D eigenvalue weighted by molar-refractivity contribution is 14.0. The van der Waals surface area contributed by atoms with Gasteiger partial charge in [-0.2, -0.15) is 4.98 Å². The number of nitrogens with one attached hydrogen (secondary N) is 1. The van der Waals surface area contributed by atoms with E-state index in [0.29, 0.717) is 29.2 Å². The molecule has 1 aromatic heterocycles. The van der Waals surface area contributed by atoms with Gasteiger partial charge in [0.25, 0.3) is 0 Å². The smallest absolute Gasteiger partial charge is 0.248 e. The van der Waals surface area contributed by atoms with Crippen molar-refractivity contribution in [2.75, 3.05) is 39.3 Å². The van der Waals surface area contributed by atoms with Crippen LogP contribution < -0.4 is 5.32 Å². The Morgan fingerprint density at radius 2 is 2.00 bits per heavy atom. The van der Waals surface area contributed by atoms with E-state index in [4.69, 9.17) is 21.1 Å². The summed E-state index contributed by atoms with van der Waals surface area (Å²) >= 11 is 5.94. The van der Waals surface area contributed by atoms with Crippen LogP contribution in [0.4, 0.5) is 0 Å². The highest BCUT2D eigenvalue weighted by Crippen LogP contribution is 2.20. The molecule has 2 heterocycles. The van der Waals surface area contributed by atoms with Crippen molar-refractivity contribution in [3.63, 3.8) is 0 Å². The first-order valence-corrected chi connectivity index (χ1v) is 10.8. The van der Waals surface area contributed by atoms with E-state index < -0.39 is 0 Å². The van der Waals surface area contributed by atoms with Crippen LogP contribution in [0.25, 0.3) is 11.4 Å². The Morgan fingerprint density at radius 1 is 1.27 bits per heavy atom. The van der Waals surface area contributed by atoms with E-state index in [-0.39, 0.29) is 24.0 Å². The summed E-state index contributed by atoms with van der Waals surface area (Å²) in [4.78, 5) is 14.0. The zero-order chi connectivity index (χ0) is 20.6. The minimum Gasteiger partial charge on any atom is -0.357 e. The largest absolute Gasteiger partial charge is 0.357 e. The van der Waals surface area contributed by atoms with E-state index in [2.05, 4.69) is 46.0 Å². The molecule has 0 saturated carbocycles. The van der Waals surface area contributed by atoms with Crippen molar-refractivity contribution in [2.45, 2.75) is 33.7 Å². The number of hydrogen-bond donors (Lipinski definition) is 1. The maximum absolute atomic E-state index is 5.94. The van der Waals surface area contributed by atoms with Gasteiger partial charge in [-0.05, 0) is 56.6 Å². The second-order valence-corrected chi connectivity index (χ2v) is 7.71. The lowest BCUT2D eigenvalue weighted by atomic mass is 10.1. The predicted octanol–water partition coefficient (Wildman–Crippen LogP) is 4.14.